The van der Waals surface area contributed by atoms with Crippen LogP contribution < -0.4 is 14.3 Å². The summed E-state index contributed by atoms with van der Waals surface area (Å²) in [4.78, 5) is 12.9. The second-order valence-electron chi connectivity index (χ2n) is 8.58. The molecule has 40 heavy (non-hydrogen) atoms. The molecule has 0 aromatic heterocycles. The zero-order valence-corrected chi connectivity index (χ0v) is 24.7. The van der Waals surface area contributed by atoms with Crippen molar-refractivity contribution < 1.29 is 21.6 Å². The highest BCUT2D eigenvalue weighted by molar-refractivity contribution is 7.93. The minimum atomic E-state index is -4.13. The molecule has 0 bridgehead atoms. The van der Waals surface area contributed by atoms with Crippen molar-refractivity contribution in [1.29, 1.82) is 0 Å². The van der Waals surface area contributed by atoms with Gasteiger partial charge in [0.2, 0.25) is 5.91 Å². The van der Waals surface area contributed by atoms with Gasteiger partial charge in [-0.05, 0) is 79.7 Å². The normalized spacial score (nSPS) is 11.6. The molecule has 0 aliphatic carbocycles. The van der Waals surface area contributed by atoms with Crippen LogP contribution in [-0.4, -0.2) is 29.3 Å². The number of carbonyl (C=O) groups is 1. The van der Waals surface area contributed by atoms with Crippen LogP contribution in [0.3, 0.4) is 0 Å². The van der Waals surface area contributed by atoms with Crippen LogP contribution in [0.4, 0.5) is 17.1 Å². The van der Waals surface area contributed by atoms with E-state index in [0.29, 0.717) is 10.7 Å². The number of halogens is 3. The summed E-state index contributed by atoms with van der Waals surface area (Å²) < 4.78 is 55.9. The van der Waals surface area contributed by atoms with E-state index in [9.17, 15) is 21.6 Å². The fourth-order valence-electron chi connectivity index (χ4n) is 3.59. The summed E-state index contributed by atoms with van der Waals surface area (Å²) in [7, 11) is -8.14. The quantitative estimate of drug-likeness (QED) is 0.215. The van der Waals surface area contributed by atoms with Crippen LogP contribution in [0.2, 0.25) is 15.1 Å². The number of benzene rings is 4. The molecule has 4 rings (SSSR count). The molecule has 0 saturated heterocycles. The van der Waals surface area contributed by atoms with Crippen LogP contribution >= 0.6 is 34.8 Å². The fourth-order valence-corrected chi connectivity index (χ4v) is 6.62. The van der Waals surface area contributed by atoms with Crippen molar-refractivity contribution in [3.05, 3.63) is 112 Å². The lowest BCUT2D eigenvalue weighted by Gasteiger charge is -2.24. The molecular formula is C27H22Cl3N3O5S2. The lowest BCUT2D eigenvalue weighted by molar-refractivity contribution is -0.114. The zero-order chi connectivity index (χ0) is 29.1. The van der Waals surface area contributed by atoms with E-state index < -0.39 is 32.5 Å². The van der Waals surface area contributed by atoms with E-state index in [-0.39, 0.29) is 31.2 Å². The highest BCUT2D eigenvalue weighted by Crippen LogP contribution is 2.31. The van der Waals surface area contributed by atoms with Gasteiger partial charge in [-0.2, -0.15) is 0 Å². The summed E-state index contributed by atoms with van der Waals surface area (Å²) in [5.74, 6) is -0.641. The number of sulfonamides is 2. The molecule has 0 unspecified atom stereocenters. The predicted octanol–water partition coefficient (Wildman–Crippen LogP) is 6.59. The Balaban J connectivity index is 1.53. The molecule has 8 nitrogen and oxygen atoms in total. The van der Waals surface area contributed by atoms with E-state index in [4.69, 9.17) is 34.8 Å². The lowest BCUT2D eigenvalue weighted by atomic mass is 10.2. The topological polar surface area (TPSA) is 113 Å². The lowest BCUT2D eigenvalue weighted by Crippen LogP contribution is -2.38. The minimum Gasteiger partial charge on any atom is -0.325 e. The van der Waals surface area contributed by atoms with Crippen molar-refractivity contribution in [2.24, 2.45) is 0 Å². The van der Waals surface area contributed by atoms with Crippen molar-refractivity contribution in [2.75, 3.05) is 20.9 Å². The molecule has 0 aliphatic heterocycles. The molecule has 0 saturated carbocycles. The Hall–Kier alpha value is -3.28. The van der Waals surface area contributed by atoms with Crippen LogP contribution in [0.15, 0.2) is 101 Å². The Morgan fingerprint density at radius 2 is 1.38 bits per heavy atom. The van der Waals surface area contributed by atoms with Gasteiger partial charge in [-0.15, -0.1) is 0 Å². The number of rotatable bonds is 9. The van der Waals surface area contributed by atoms with Gasteiger partial charge >= 0.3 is 0 Å². The number of aryl methyl sites for hydroxylation is 1. The number of nitrogens with one attached hydrogen (secondary N) is 2. The first-order valence-corrected chi connectivity index (χ1v) is 15.6. The van der Waals surface area contributed by atoms with Gasteiger partial charge in [-0.1, -0.05) is 58.6 Å². The van der Waals surface area contributed by atoms with Crippen LogP contribution in [0.5, 0.6) is 0 Å². The van der Waals surface area contributed by atoms with E-state index in [1.165, 1.54) is 60.7 Å². The first-order valence-electron chi connectivity index (χ1n) is 11.6. The third-order valence-electron chi connectivity index (χ3n) is 5.66. The van der Waals surface area contributed by atoms with E-state index in [1.54, 1.807) is 30.3 Å². The smallest absolute Gasteiger partial charge is 0.264 e. The van der Waals surface area contributed by atoms with Crippen molar-refractivity contribution in [3.8, 4) is 0 Å². The van der Waals surface area contributed by atoms with Crippen LogP contribution in [0, 0.1) is 6.92 Å². The maximum atomic E-state index is 13.5. The van der Waals surface area contributed by atoms with E-state index >= 15 is 0 Å². The van der Waals surface area contributed by atoms with Gasteiger partial charge in [0.05, 0.1) is 31.2 Å². The predicted molar refractivity (Wildman–Crippen MR) is 160 cm³/mol. The summed E-state index contributed by atoms with van der Waals surface area (Å²) >= 11 is 18.0. The Bertz CT molecular complexity index is 1750. The molecule has 0 aliphatic rings. The highest BCUT2D eigenvalue weighted by Gasteiger charge is 2.27. The molecule has 4 aromatic carbocycles. The Morgan fingerprint density at radius 1 is 0.775 bits per heavy atom. The first kappa shape index (κ1) is 29.7. The summed E-state index contributed by atoms with van der Waals surface area (Å²) in [6, 6.07) is 22.2. The van der Waals surface area contributed by atoms with Crippen molar-refractivity contribution >= 4 is 77.8 Å². The standard InChI is InChI=1S/C27H22Cl3N3O5S2/c1-18-5-11-21(12-6-18)33(40(37,38)23-13-7-19(28)8-14-23)17-26(34)31-20-9-15-22(16-10-20)39(35,36)32-25-4-2-3-24(29)27(25)30/h2-16,32H,17H2,1H3,(H,31,34). The highest BCUT2D eigenvalue weighted by atomic mass is 35.5. The van der Waals surface area contributed by atoms with E-state index in [0.717, 1.165) is 9.87 Å². The summed E-state index contributed by atoms with van der Waals surface area (Å²) in [5, 5.41) is 3.23. The number of anilines is 3. The van der Waals surface area contributed by atoms with Gasteiger partial charge in [0.1, 0.15) is 6.54 Å². The summed E-state index contributed by atoms with van der Waals surface area (Å²) in [5.41, 5.74) is 1.59. The van der Waals surface area contributed by atoms with Gasteiger partial charge in [0, 0.05) is 10.7 Å². The third kappa shape index (κ3) is 6.89. The summed E-state index contributed by atoms with van der Waals surface area (Å²) in [6.07, 6.45) is 0. The van der Waals surface area contributed by atoms with E-state index in [2.05, 4.69) is 10.0 Å². The maximum absolute atomic E-state index is 13.5. The second-order valence-corrected chi connectivity index (χ2v) is 13.3. The van der Waals surface area contributed by atoms with Gasteiger partial charge in [0.15, 0.2) is 0 Å². The average molecular weight is 639 g/mol. The Kier molecular flexibility index (Phi) is 8.96. The Labute approximate surface area is 247 Å². The molecule has 0 spiro atoms. The minimum absolute atomic E-state index is 0.0351. The van der Waals surface area contributed by atoms with Crippen LogP contribution in [0.25, 0.3) is 0 Å². The molecule has 0 heterocycles. The number of hydrogen-bond donors (Lipinski definition) is 2. The SMILES string of the molecule is Cc1ccc(N(CC(=O)Nc2ccc(S(=O)(=O)Nc3cccc(Cl)c3Cl)cc2)S(=O)(=O)c2ccc(Cl)cc2)cc1. The molecule has 2 N–H and O–H groups in total. The van der Waals surface area contributed by atoms with Crippen molar-refractivity contribution in [2.45, 2.75) is 16.7 Å². The van der Waals surface area contributed by atoms with Crippen LogP contribution in [-0.2, 0) is 24.8 Å². The Morgan fingerprint density at radius 3 is 2.00 bits per heavy atom. The zero-order valence-electron chi connectivity index (χ0n) is 20.8. The summed E-state index contributed by atoms with van der Waals surface area (Å²) in [6.45, 7) is 1.32. The van der Waals surface area contributed by atoms with Crippen molar-refractivity contribution in [3.63, 3.8) is 0 Å². The van der Waals surface area contributed by atoms with Crippen molar-refractivity contribution in [1.82, 2.24) is 0 Å². The number of hydrogen-bond acceptors (Lipinski definition) is 5. The van der Waals surface area contributed by atoms with Gasteiger partial charge in [0.25, 0.3) is 20.0 Å². The molecular weight excluding hydrogens is 617 g/mol. The molecule has 0 radical (unpaired) electrons. The number of amides is 1. The maximum Gasteiger partial charge on any atom is 0.264 e. The molecule has 0 fully saturated rings. The second kappa shape index (κ2) is 12.1. The van der Waals surface area contributed by atoms with Gasteiger partial charge in [-0.25, -0.2) is 16.8 Å². The fraction of sp³-hybridized carbons (Fsp3) is 0.0741. The van der Waals surface area contributed by atoms with E-state index in [1.807, 2.05) is 6.92 Å². The molecule has 208 valence electrons. The average Bonchev–Trinajstić information content (AvgIpc) is 2.91. The van der Waals surface area contributed by atoms with Gasteiger partial charge < -0.3 is 5.32 Å². The molecule has 4 aromatic rings. The van der Waals surface area contributed by atoms with Crippen LogP contribution in [0.1, 0.15) is 5.56 Å². The monoisotopic (exact) mass is 637 g/mol. The molecule has 0 atom stereocenters. The third-order valence-corrected chi connectivity index (χ3v) is 9.90. The molecule has 13 heteroatoms. The van der Waals surface area contributed by atoms with Gasteiger partial charge in [-0.3, -0.25) is 13.8 Å². The number of nitrogens with zero attached hydrogens (tertiary/aromatic N) is 1. The largest absolute Gasteiger partial charge is 0.325 e. The molecule has 1 amide bonds. The first-order chi connectivity index (χ1) is 18.9. The number of carbonyl (C=O) groups excluding carboxylic acids is 1.